The minimum Gasteiger partial charge on any atom is -0.468 e. The number of hydrogen-bond donors (Lipinski definition) is 0. The fourth-order valence-electron chi connectivity index (χ4n) is 1.91. The molecule has 0 N–H and O–H groups in total. The van der Waals surface area contributed by atoms with Gasteiger partial charge in [0.25, 0.3) is 0 Å². The largest absolute Gasteiger partial charge is 0.468 e. The molecule has 1 saturated carbocycles. The molecule has 0 radical (unpaired) electrons. The molecule has 0 aliphatic heterocycles. The first-order chi connectivity index (χ1) is 9.78. The van der Waals surface area contributed by atoms with E-state index in [-0.39, 0.29) is 11.7 Å². The van der Waals surface area contributed by atoms with Gasteiger partial charge in [-0.15, -0.1) is 5.10 Å². The monoisotopic (exact) mass is 289 g/mol. The molecule has 1 fully saturated rings. The van der Waals surface area contributed by atoms with Gasteiger partial charge in [0.2, 0.25) is 5.16 Å². The summed E-state index contributed by atoms with van der Waals surface area (Å²) in [5.41, 5.74) is 1.01. The van der Waals surface area contributed by atoms with Crippen LogP contribution in [0, 0.1) is 0 Å². The number of thioether (sulfide) groups is 1. The zero-order valence-corrected chi connectivity index (χ0v) is 12.0. The Balaban J connectivity index is 1.85. The SMILES string of the molecule is COC(=O)CSc1nc(C2CC2)n(-c2ccccc2)n1. The lowest BCUT2D eigenvalue weighted by Crippen LogP contribution is -2.03. The van der Waals surface area contributed by atoms with Gasteiger partial charge in [0.1, 0.15) is 5.82 Å². The second-order valence-corrected chi connectivity index (χ2v) is 5.58. The van der Waals surface area contributed by atoms with Crippen LogP contribution in [0.15, 0.2) is 35.5 Å². The van der Waals surface area contributed by atoms with Gasteiger partial charge >= 0.3 is 5.97 Å². The molecular formula is C14H15N3O2S. The number of esters is 1. The van der Waals surface area contributed by atoms with Gasteiger partial charge in [-0.1, -0.05) is 30.0 Å². The number of ether oxygens (including phenoxy) is 1. The molecule has 3 rings (SSSR count). The lowest BCUT2D eigenvalue weighted by Gasteiger charge is -2.03. The van der Waals surface area contributed by atoms with Gasteiger partial charge in [-0.3, -0.25) is 4.79 Å². The number of carbonyl (C=O) groups is 1. The Morgan fingerprint density at radius 1 is 1.40 bits per heavy atom. The van der Waals surface area contributed by atoms with Crippen LogP contribution in [-0.2, 0) is 9.53 Å². The zero-order valence-electron chi connectivity index (χ0n) is 11.2. The first kappa shape index (κ1) is 13.2. The molecule has 0 saturated heterocycles. The number of benzene rings is 1. The van der Waals surface area contributed by atoms with Crippen molar-refractivity contribution in [3.8, 4) is 5.69 Å². The minimum absolute atomic E-state index is 0.236. The third-order valence-electron chi connectivity index (χ3n) is 3.10. The topological polar surface area (TPSA) is 57.0 Å². The first-order valence-electron chi connectivity index (χ1n) is 6.50. The van der Waals surface area contributed by atoms with Crippen LogP contribution in [0.4, 0.5) is 0 Å². The summed E-state index contributed by atoms with van der Waals surface area (Å²) in [4.78, 5) is 15.7. The van der Waals surface area contributed by atoms with Crippen molar-refractivity contribution in [3.63, 3.8) is 0 Å². The molecule has 1 aromatic carbocycles. The fraction of sp³-hybridized carbons (Fsp3) is 0.357. The third-order valence-corrected chi connectivity index (χ3v) is 3.91. The molecule has 0 atom stereocenters. The van der Waals surface area contributed by atoms with E-state index in [1.165, 1.54) is 18.9 Å². The van der Waals surface area contributed by atoms with Crippen molar-refractivity contribution in [3.05, 3.63) is 36.2 Å². The molecule has 104 valence electrons. The molecular weight excluding hydrogens is 274 g/mol. The van der Waals surface area contributed by atoms with Crippen molar-refractivity contribution < 1.29 is 9.53 Å². The number of aromatic nitrogens is 3. The molecule has 1 aliphatic carbocycles. The smallest absolute Gasteiger partial charge is 0.316 e. The van der Waals surface area contributed by atoms with E-state index in [1.807, 2.05) is 35.0 Å². The van der Waals surface area contributed by atoms with Crippen LogP contribution < -0.4 is 0 Å². The van der Waals surface area contributed by atoms with Crippen LogP contribution in [0.1, 0.15) is 24.6 Å². The van der Waals surface area contributed by atoms with Crippen LogP contribution in [0.3, 0.4) is 0 Å². The average molecular weight is 289 g/mol. The molecule has 1 aromatic heterocycles. The van der Waals surface area contributed by atoms with Crippen LogP contribution in [0.25, 0.3) is 5.69 Å². The maximum absolute atomic E-state index is 11.2. The standard InChI is InChI=1S/C14H15N3O2S/c1-19-12(18)9-20-14-15-13(10-7-8-10)17(16-14)11-5-3-2-4-6-11/h2-6,10H,7-9H2,1H3. The Bertz CT molecular complexity index is 608. The Morgan fingerprint density at radius 2 is 2.15 bits per heavy atom. The van der Waals surface area contributed by atoms with Gasteiger partial charge in [-0.05, 0) is 25.0 Å². The number of para-hydroxylation sites is 1. The summed E-state index contributed by atoms with van der Waals surface area (Å²) < 4.78 is 6.52. The minimum atomic E-state index is -0.265. The van der Waals surface area contributed by atoms with E-state index in [9.17, 15) is 4.79 Å². The molecule has 0 amide bonds. The quantitative estimate of drug-likeness (QED) is 0.625. The Labute approximate surface area is 121 Å². The predicted octanol–water partition coefficient (Wildman–Crippen LogP) is 2.41. The van der Waals surface area contributed by atoms with Gasteiger partial charge in [-0.25, -0.2) is 9.67 Å². The lowest BCUT2D eigenvalue weighted by atomic mass is 10.3. The highest BCUT2D eigenvalue weighted by Gasteiger charge is 2.30. The van der Waals surface area contributed by atoms with E-state index in [1.54, 1.807) is 0 Å². The maximum atomic E-state index is 11.2. The lowest BCUT2D eigenvalue weighted by molar-refractivity contribution is -0.137. The normalized spacial score (nSPS) is 14.2. The molecule has 2 aromatic rings. The highest BCUT2D eigenvalue weighted by Crippen LogP contribution is 2.40. The van der Waals surface area contributed by atoms with E-state index < -0.39 is 0 Å². The summed E-state index contributed by atoms with van der Waals surface area (Å²) >= 11 is 1.31. The summed E-state index contributed by atoms with van der Waals surface area (Å²) in [7, 11) is 1.38. The van der Waals surface area contributed by atoms with Gasteiger partial charge in [0, 0.05) is 5.92 Å². The Hall–Kier alpha value is -1.82. The second kappa shape index (κ2) is 5.66. The van der Waals surface area contributed by atoms with Gasteiger partial charge in [-0.2, -0.15) is 0 Å². The second-order valence-electron chi connectivity index (χ2n) is 4.64. The van der Waals surface area contributed by atoms with Crippen molar-refractivity contribution in [1.29, 1.82) is 0 Å². The fourth-order valence-corrected chi connectivity index (χ4v) is 2.58. The average Bonchev–Trinajstić information content (AvgIpc) is 3.25. The summed E-state index contributed by atoms with van der Waals surface area (Å²) in [6, 6.07) is 9.96. The Morgan fingerprint density at radius 3 is 2.80 bits per heavy atom. The highest BCUT2D eigenvalue weighted by molar-refractivity contribution is 7.99. The van der Waals surface area contributed by atoms with E-state index >= 15 is 0 Å². The van der Waals surface area contributed by atoms with E-state index in [0.29, 0.717) is 11.1 Å². The molecule has 1 heterocycles. The number of methoxy groups -OCH3 is 1. The molecule has 20 heavy (non-hydrogen) atoms. The molecule has 1 aliphatic rings. The highest BCUT2D eigenvalue weighted by atomic mass is 32.2. The maximum Gasteiger partial charge on any atom is 0.316 e. The first-order valence-corrected chi connectivity index (χ1v) is 7.48. The molecule has 5 nitrogen and oxygen atoms in total. The van der Waals surface area contributed by atoms with Crippen LogP contribution in [-0.4, -0.2) is 33.6 Å². The van der Waals surface area contributed by atoms with Crippen molar-refractivity contribution >= 4 is 17.7 Å². The van der Waals surface area contributed by atoms with Crippen molar-refractivity contribution in [2.24, 2.45) is 0 Å². The predicted molar refractivity (Wildman–Crippen MR) is 76.1 cm³/mol. The van der Waals surface area contributed by atoms with E-state index in [4.69, 9.17) is 0 Å². The van der Waals surface area contributed by atoms with E-state index in [0.717, 1.165) is 24.4 Å². The van der Waals surface area contributed by atoms with Crippen molar-refractivity contribution in [1.82, 2.24) is 14.8 Å². The summed E-state index contributed by atoms with van der Waals surface area (Å²) in [6.45, 7) is 0. The van der Waals surface area contributed by atoms with Crippen molar-refractivity contribution in [2.75, 3.05) is 12.9 Å². The number of hydrogen-bond acceptors (Lipinski definition) is 5. The zero-order chi connectivity index (χ0) is 13.9. The molecule has 6 heteroatoms. The summed E-state index contributed by atoms with van der Waals surface area (Å²) in [6.07, 6.45) is 2.32. The number of nitrogens with zero attached hydrogens (tertiary/aromatic N) is 3. The molecule has 0 unspecified atom stereocenters. The van der Waals surface area contributed by atoms with Gasteiger partial charge in [0.15, 0.2) is 0 Å². The summed E-state index contributed by atoms with van der Waals surface area (Å²) in [5.74, 6) is 1.46. The third kappa shape index (κ3) is 2.85. The number of carbonyl (C=O) groups excluding carboxylic acids is 1. The van der Waals surface area contributed by atoms with Gasteiger partial charge in [0.05, 0.1) is 18.6 Å². The van der Waals surface area contributed by atoms with E-state index in [2.05, 4.69) is 14.8 Å². The van der Waals surface area contributed by atoms with Crippen LogP contribution in [0.5, 0.6) is 0 Å². The number of rotatable bonds is 5. The molecule has 0 bridgehead atoms. The van der Waals surface area contributed by atoms with Crippen LogP contribution >= 0.6 is 11.8 Å². The summed E-state index contributed by atoms with van der Waals surface area (Å²) in [5, 5.41) is 5.13. The van der Waals surface area contributed by atoms with Gasteiger partial charge < -0.3 is 4.74 Å². The Kier molecular flexibility index (Phi) is 3.73. The molecule has 0 spiro atoms. The van der Waals surface area contributed by atoms with Crippen LogP contribution in [0.2, 0.25) is 0 Å². The van der Waals surface area contributed by atoms with Crippen molar-refractivity contribution in [2.45, 2.75) is 23.9 Å².